The van der Waals surface area contributed by atoms with Gasteiger partial charge in [0.25, 0.3) is 0 Å². The highest BCUT2D eigenvalue weighted by atomic mass is 32.2. The van der Waals surface area contributed by atoms with Crippen molar-refractivity contribution in [3.05, 3.63) is 78.5 Å². The normalized spacial score (nSPS) is 11.0. The van der Waals surface area contributed by atoms with Crippen LogP contribution in [0.15, 0.2) is 72.1 Å². The molecule has 2 heterocycles. The van der Waals surface area contributed by atoms with E-state index in [4.69, 9.17) is 0 Å². The molecule has 0 aliphatic heterocycles. The highest BCUT2D eigenvalue weighted by Crippen LogP contribution is 2.28. The van der Waals surface area contributed by atoms with E-state index in [0.717, 1.165) is 27.3 Å². The van der Waals surface area contributed by atoms with Gasteiger partial charge in [0.15, 0.2) is 5.65 Å². The Bertz CT molecular complexity index is 967. The van der Waals surface area contributed by atoms with E-state index in [1.807, 2.05) is 30.3 Å². The van der Waals surface area contributed by atoms with Crippen molar-refractivity contribution in [3.8, 4) is 5.69 Å². The minimum absolute atomic E-state index is 0.225. The van der Waals surface area contributed by atoms with Crippen LogP contribution in [0.5, 0.6) is 0 Å². The van der Waals surface area contributed by atoms with Crippen molar-refractivity contribution in [2.75, 3.05) is 0 Å². The number of nitrogens with zero attached hydrogens (tertiary/aromatic N) is 4. The van der Waals surface area contributed by atoms with Crippen molar-refractivity contribution in [1.82, 2.24) is 19.7 Å². The third kappa shape index (κ3) is 2.88. The van der Waals surface area contributed by atoms with E-state index in [0.29, 0.717) is 5.75 Å². The average Bonchev–Trinajstić information content (AvgIpc) is 3.07. The summed E-state index contributed by atoms with van der Waals surface area (Å²) in [5.41, 5.74) is 2.78. The van der Waals surface area contributed by atoms with Gasteiger partial charge in [-0.2, -0.15) is 5.10 Å². The summed E-state index contributed by atoms with van der Waals surface area (Å²) in [4.78, 5) is 8.74. The van der Waals surface area contributed by atoms with Crippen molar-refractivity contribution in [1.29, 1.82) is 0 Å². The van der Waals surface area contributed by atoms with E-state index in [1.165, 1.54) is 12.1 Å². The molecule has 2 aromatic heterocycles. The maximum atomic E-state index is 13.0. The first kappa shape index (κ1) is 14.8. The van der Waals surface area contributed by atoms with Crippen LogP contribution in [-0.4, -0.2) is 19.7 Å². The maximum Gasteiger partial charge on any atom is 0.167 e. The van der Waals surface area contributed by atoms with Gasteiger partial charge in [0.1, 0.15) is 17.2 Å². The Morgan fingerprint density at radius 3 is 2.54 bits per heavy atom. The lowest BCUT2D eigenvalue weighted by molar-refractivity contribution is 0.627. The Morgan fingerprint density at radius 1 is 0.958 bits per heavy atom. The van der Waals surface area contributed by atoms with Gasteiger partial charge in [0.05, 0.1) is 17.3 Å². The van der Waals surface area contributed by atoms with Gasteiger partial charge in [-0.15, -0.1) is 11.8 Å². The predicted molar refractivity (Wildman–Crippen MR) is 92.6 cm³/mol. The van der Waals surface area contributed by atoms with Crippen molar-refractivity contribution in [2.24, 2.45) is 0 Å². The Labute approximate surface area is 142 Å². The van der Waals surface area contributed by atoms with Gasteiger partial charge in [0.2, 0.25) is 0 Å². The molecule has 0 saturated heterocycles. The van der Waals surface area contributed by atoms with Crippen LogP contribution in [0, 0.1) is 5.82 Å². The number of fused-ring (bicyclic) bond motifs is 1. The molecule has 0 aliphatic carbocycles. The molecule has 0 bridgehead atoms. The van der Waals surface area contributed by atoms with Crippen LogP contribution in [0.3, 0.4) is 0 Å². The van der Waals surface area contributed by atoms with E-state index < -0.39 is 0 Å². The summed E-state index contributed by atoms with van der Waals surface area (Å²) in [5.74, 6) is 0.487. The summed E-state index contributed by atoms with van der Waals surface area (Å²) >= 11 is 1.59. The highest BCUT2D eigenvalue weighted by molar-refractivity contribution is 7.98. The van der Waals surface area contributed by atoms with E-state index >= 15 is 0 Å². The number of hydrogen-bond donors (Lipinski definition) is 0. The molecular formula is C18H13FN4S. The average molecular weight is 336 g/mol. The zero-order valence-corrected chi connectivity index (χ0v) is 13.4. The number of rotatable bonds is 4. The minimum atomic E-state index is -0.225. The molecule has 2 aromatic carbocycles. The maximum absolute atomic E-state index is 13.0. The number of para-hydroxylation sites is 1. The van der Waals surface area contributed by atoms with E-state index in [2.05, 4.69) is 15.1 Å². The third-order valence-corrected chi connectivity index (χ3v) is 4.70. The van der Waals surface area contributed by atoms with Crippen LogP contribution >= 0.6 is 11.8 Å². The lowest BCUT2D eigenvalue weighted by Gasteiger charge is -2.04. The molecule has 0 unspecified atom stereocenters. The van der Waals surface area contributed by atoms with Crippen molar-refractivity contribution in [3.63, 3.8) is 0 Å². The van der Waals surface area contributed by atoms with E-state index in [9.17, 15) is 4.39 Å². The van der Waals surface area contributed by atoms with E-state index in [-0.39, 0.29) is 5.82 Å². The van der Waals surface area contributed by atoms with Gasteiger partial charge in [-0.1, -0.05) is 30.3 Å². The van der Waals surface area contributed by atoms with Gasteiger partial charge in [-0.3, -0.25) is 0 Å². The lowest BCUT2D eigenvalue weighted by Crippen LogP contribution is -1.97. The van der Waals surface area contributed by atoms with Crippen molar-refractivity contribution >= 4 is 22.8 Å². The highest BCUT2D eigenvalue weighted by Gasteiger charge is 2.11. The Hall–Kier alpha value is -2.73. The molecule has 118 valence electrons. The predicted octanol–water partition coefficient (Wildman–Crippen LogP) is 4.25. The number of aromatic nitrogens is 4. The summed E-state index contributed by atoms with van der Waals surface area (Å²) in [6, 6.07) is 16.4. The molecular weight excluding hydrogens is 323 g/mol. The summed E-state index contributed by atoms with van der Waals surface area (Å²) in [5, 5.41) is 6.22. The second kappa shape index (κ2) is 6.41. The molecule has 4 aromatic rings. The fraction of sp³-hybridized carbons (Fsp3) is 0.0556. The molecule has 0 atom stereocenters. The Morgan fingerprint density at radius 2 is 1.75 bits per heavy atom. The van der Waals surface area contributed by atoms with Crippen LogP contribution in [0.4, 0.5) is 4.39 Å². The first-order valence-electron chi connectivity index (χ1n) is 7.43. The van der Waals surface area contributed by atoms with Gasteiger partial charge in [-0.05, 0) is 29.8 Å². The van der Waals surface area contributed by atoms with Crippen LogP contribution in [0.25, 0.3) is 16.7 Å². The molecule has 0 aliphatic rings. The summed E-state index contributed by atoms with van der Waals surface area (Å²) in [7, 11) is 0. The molecule has 0 N–H and O–H groups in total. The summed E-state index contributed by atoms with van der Waals surface area (Å²) < 4.78 is 14.8. The molecule has 0 saturated carbocycles. The van der Waals surface area contributed by atoms with Crippen molar-refractivity contribution < 1.29 is 4.39 Å². The number of halogens is 1. The first-order valence-corrected chi connectivity index (χ1v) is 8.41. The van der Waals surface area contributed by atoms with Gasteiger partial charge in [-0.25, -0.2) is 19.0 Å². The monoisotopic (exact) mass is 336 g/mol. The van der Waals surface area contributed by atoms with E-state index in [1.54, 1.807) is 41.1 Å². The van der Waals surface area contributed by atoms with Crippen LogP contribution in [0.1, 0.15) is 5.56 Å². The lowest BCUT2D eigenvalue weighted by atomic mass is 10.2. The molecule has 0 radical (unpaired) electrons. The zero-order chi connectivity index (χ0) is 16.4. The zero-order valence-electron chi connectivity index (χ0n) is 12.6. The molecule has 4 rings (SSSR count). The minimum Gasteiger partial charge on any atom is -0.229 e. The van der Waals surface area contributed by atoms with Gasteiger partial charge in [0, 0.05) is 5.75 Å². The summed E-state index contributed by atoms with van der Waals surface area (Å²) in [6.07, 6.45) is 3.34. The molecule has 24 heavy (non-hydrogen) atoms. The van der Waals surface area contributed by atoms with Crippen LogP contribution in [-0.2, 0) is 5.75 Å². The quantitative estimate of drug-likeness (QED) is 0.413. The Kier molecular flexibility index (Phi) is 3.96. The third-order valence-electron chi connectivity index (χ3n) is 3.62. The second-order valence-electron chi connectivity index (χ2n) is 5.22. The topological polar surface area (TPSA) is 43.6 Å². The SMILES string of the molecule is Fc1ccc(CSc2ncnc3c2cnn3-c2ccccc2)cc1. The standard InChI is InChI=1S/C18H13FN4S/c19-14-8-6-13(7-9-14)11-24-18-16-10-22-23(17(16)20-12-21-18)15-4-2-1-3-5-15/h1-10,12H,11H2. The summed E-state index contributed by atoms with van der Waals surface area (Å²) in [6.45, 7) is 0. The van der Waals surface area contributed by atoms with Gasteiger partial charge >= 0.3 is 0 Å². The second-order valence-corrected chi connectivity index (χ2v) is 6.19. The first-order chi connectivity index (χ1) is 11.8. The molecule has 0 spiro atoms. The molecule has 0 amide bonds. The number of hydrogen-bond acceptors (Lipinski definition) is 4. The molecule has 4 nitrogen and oxygen atoms in total. The number of thioether (sulfide) groups is 1. The fourth-order valence-electron chi connectivity index (χ4n) is 2.43. The van der Waals surface area contributed by atoms with Gasteiger partial charge < -0.3 is 0 Å². The largest absolute Gasteiger partial charge is 0.229 e. The number of benzene rings is 2. The van der Waals surface area contributed by atoms with Crippen LogP contribution in [0.2, 0.25) is 0 Å². The fourth-order valence-corrected chi connectivity index (χ4v) is 3.35. The smallest absolute Gasteiger partial charge is 0.167 e. The molecule has 0 fully saturated rings. The van der Waals surface area contributed by atoms with Crippen molar-refractivity contribution in [2.45, 2.75) is 10.8 Å². The molecule has 6 heteroatoms. The Balaban J connectivity index is 1.65. The van der Waals surface area contributed by atoms with Crippen LogP contribution < -0.4 is 0 Å².